The van der Waals surface area contributed by atoms with Crippen molar-refractivity contribution in [1.82, 2.24) is 19.9 Å². The Hall–Kier alpha value is -2.11. The summed E-state index contributed by atoms with van der Waals surface area (Å²) in [6.45, 7) is 9.78. The van der Waals surface area contributed by atoms with E-state index in [1.165, 1.54) is 44.3 Å². The Morgan fingerprint density at radius 1 is 1.16 bits per heavy atom. The predicted molar refractivity (Wildman–Crippen MR) is 133 cm³/mol. The van der Waals surface area contributed by atoms with Crippen LogP contribution in [0.5, 0.6) is 5.88 Å². The molecule has 1 aliphatic heterocycles. The molecule has 0 saturated carbocycles. The predicted octanol–water partition coefficient (Wildman–Crippen LogP) is 6.47. The molecule has 0 amide bonds. The van der Waals surface area contributed by atoms with E-state index in [9.17, 15) is 0 Å². The average molecular weight is 455 g/mol. The van der Waals surface area contributed by atoms with Crippen molar-refractivity contribution in [3.63, 3.8) is 0 Å². The van der Waals surface area contributed by atoms with Crippen molar-refractivity contribution in [2.24, 2.45) is 5.92 Å². The zero-order chi connectivity index (χ0) is 22.7. The standard InChI is InChI=1S/C26H35ClN4O/c1-26(2,3)19-8-9-22-23(15-19)30-25(29-22)20-16-24(28-17-21(20)27)32-14-6-5-7-18-10-12-31(4)13-11-18/h8-9,15-18H,5-7,10-14H2,1-4H3,(H,29,30). The molecule has 172 valence electrons. The van der Waals surface area contributed by atoms with Crippen LogP contribution < -0.4 is 4.74 Å². The molecular weight excluding hydrogens is 420 g/mol. The molecule has 32 heavy (non-hydrogen) atoms. The molecule has 1 aromatic carbocycles. The van der Waals surface area contributed by atoms with Gasteiger partial charge in [0.2, 0.25) is 5.88 Å². The Kier molecular flexibility index (Phi) is 7.06. The van der Waals surface area contributed by atoms with Crippen molar-refractivity contribution in [1.29, 1.82) is 0 Å². The lowest BCUT2D eigenvalue weighted by molar-refractivity contribution is 0.205. The van der Waals surface area contributed by atoms with E-state index >= 15 is 0 Å². The fraction of sp³-hybridized carbons (Fsp3) is 0.538. The molecule has 0 bridgehead atoms. The average Bonchev–Trinajstić information content (AvgIpc) is 3.18. The molecule has 1 N–H and O–H groups in total. The highest BCUT2D eigenvalue weighted by atomic mass is 35.5. The zero-order valence-electron chi connectivity index (χ0n) is 19.7. The quantitative estimate of drug-likeness (QED) is 0.416. The molecule has 0 spiro atoms. The molecule has 0 aliphatic carbocycles. The van der Waals surface area contributed by atoms with Crippen molar-refractivity contribution < 1.29 is 4.74 Å². The maximum absolute atomic E-state index is 6.46. The van der Waals surface area contributed by atoms with Gasteiger partial charge in [0.15, 0.2) is 0 Å². The number of unbranched alkanes of at least 4 members (excludes halogenated alkanes) is 1. The van der Waals surface area contributed by atoms with E-state index in [1.54, 1.807) is 6.20 Å². The molecule has 2 aromatic heterocycles. The van der Waals surface area contributed by atoms with Gasteiger partial charge in [0.1, 0.15) is 5.82 Å². The van der Waals surface area contributed by atoms with Gasteiger partial charge in [-0.15, -0.1) is 0 Å². The molecule has 1 fully saturated rings. The topological polar surface area (TPSA) is 54.0 Å². The number of fused-ring (bicyclic) bond motifs is 1. The van der Waals surface area contributed by atoms with Crippen LogP contribution in [0.1, 0.15) is 58.4 Å². The number of benzene rings is 1. The molecule has 0 radical (unpaired) electrons. The summed E-state index contributed by atoms with van der Waals surface area (Å²) in [5.74, 6) is 2.21. The minimum Gasteiger partial charge on any atom is -0.478 e. The first-order valence-corrected chi connectivity index (χ1v) is 12.1. The van der Waals surface area contributed by atoms with Crippen molar-refractivity contribution in [3.05, 3.63) is 41.0 Å². The van der Waals surface area contributed by atoms with Gasteiger partial charge in [0.05, 0.1) is 28.9 Å². The summed E-state index contributed by atoms with van der Waals surface area (Å²) in [4.78, 5) is 15.0. The number of ether oxygens (including phenoxy) is 1. The maximum atomic E-state index is 6.46. The molecule has 1 saturated heterocycles. The van der Waals surface area contributed by atoms with Crippen molar-refractivity contribution in [3.8, 4) is 17.3 Å². The molecular formula is C26H35ClN4O. The lowest BCUT2D eigenvalue weighted by Gasteiger charge is -2.28. The Labute approximate surface area is 196 Å². The van der Waals surface area contributed by atoms with Gasteiger partial charge < -0.3 is 14.6 Å². The number of aromatic nitrogens is 3. The number of likely N-dealkylation sites (tertiary alicyclic amines) is 1. The first kappa shape index (κ1) is 23.1. The maximum Gasteiger partial charge on any atom is 0.214 e. The number of rotatable bonds is 7. The zero-order valence-corrected chi connectivity index (χ0v) is 20.5. The van der Waals surface area contributed by atoms with Gasteiger partial charge in [-0.2, -0.15) is 0 Å². The summed E-state index contributed by atoms with van der Waals surface area (Å²) in [5.41, 5.74) is 4.11. The van der Waals surface area contributed by atoms with Gasteiger partial charge in [-0.25, -0.2) is 9.97 Å². The van der Waals surface area contributed by atoms with Gasteiger partial charge in [-0.05, 0) is 74.8 Å². The summed E-state index contributed by atoms with van der Waals surface area (Å²) < 4.78 is 5.95. The Balaban J connectivity index is 1.37. The lowest BCUT2D eigenvalue weighted by Crippen LogP contribution is -2.30. The molecule has 3 heterocycles. The number of imidazole rings is 1. The van der Waals surface area contributed by atoms with Crippen LogP contribution >= 0.6 is 11.6 Å². The Morgan fingerprint density at radius 3 is 2.69 bits per heavy atom. The fourth-order valence-corrected chi connectivity index (χ4v) is 4.54. The van der Waals surface area contributed by atoms with Crippen LogP contribution in [0.4, 0.5) is 0 Å². The number of aromatic amines is 1. The number of nitrogens with zero attached hydrogens (tertiary/aromatic N) is 3. The summed E-state index contributed by atoms with van der Waals surface area (Å²) in [5, 5.41) is 0.565. The molecule has 1 aliphatic rings. The van der Waals surface area contributed by atoms with E-state index in [-0.39, 0.29) is 5.41 Å². The third-order valence-corrected chi connectivity index (χ3v) is 6.83. The molecule has 4 rings (SSSR count). The minimum absolute atomic E-state index is 0.0854. The van der Waals surface area contributed by atoms with Crippen LogP contribution in [0.15, 0.2) is 30.5 Å². The molecule has 3 aromatic rings. The van der Waals surface area contributed by atoms with Crippen LogP contribution in [-0.2, 0) is 5.41 Å². The van der Waals surface area contributed by atoms with Crippen LogP contribution in [0.25, 0.3) is 22.4 Å². The normalized spacial score (nSPS) is 16.0. The van der Waals surface area contributed by atoms with Crippen LogP contribution in [0.2, 0.25) is 5.02 Å². The van der Waals surface area contributed by atoms with E-state index in [0.29, 0.717) is 17.5 Å². The highest BCUT2D eigenvalue weighted by molar-refractivity contribution is 6.33. The number of halogens is 1. The fourth-order valence-electron chi connectivity index (χ4n) is 4.35. The molecule has 5 nitrogen and oxygen atoms in total. The second-order valence-corrected chi connectivity index (χ2v) is 10.6. The number of hydrogen-bond acceptors (Lipinski definition) is 4. The van der Waals surface area contributed by atoms with Gasteiger partial charge >= 0.3 is 0 Å². The third kappa shape index (κ3) is 5.62. The van der Waals surface area contributed by atoms with Gasteiger partial charge in [0, 0.05) is 11.6 Å². The van der Waals surface area contributed by atoms with Crippen molar-refractivity contribution in [2.45, 2.75) is 58.3 Å². The molecule has 0 unspecified atom stereocenters. The largest absolute Gasteiger partial charge is 0.478 e. The van der Waals surface area contributed by atoms with E-state index < -0.39 is 0 Å². The number of H-pyrrole nitrogens is 1. The van der Waals surface area contributed by atoms with E-state index in [1.807, 2.05) is 6.07 Å². The van der Waals surface area contributed by atoms with Crippen molar-refractivity contribution in [2.75, 3.05) is 26.7 Å². The summed E-state index contributed by atoms with van der Waals surface area (Å²) in [7, 11) is 2.21. The lowest BCUT2D eigenvalue weighted by atomic mass is 9.87. The number of nitrogens with one attached hydrogen (secondary N) is 1. The second-order valence-electron chi connectivity index (χ2n) is 10.2. The van der Waals surface area contributed by atoms with Gasteiger partial charge in [-0.1, -0.05) is 44.9 Å². The first-order valence-electron chi connectivity index (χ1n) is 11.8. The summed E-state index contributed by atoms with van der Waals surface area (Å²) in [6, 6.07) is 8.26. The summed E-state index contributed by atoms with van der Waals surface area (Å²) in [6.07, 6.45) is 7.85. The number of piperidine rings is 1. The van der Waals surface area contributed by atoms with Crippen LogP contribution in [0.3, 0.4) is 0 Å². The SMILES string of the molecule is CN1CCC(CCCCOc2cc(-c3nc4ccc(C(C)(C)C)cc4[nH]3)c(Cl)cn2)CC1. The van der Waals surface area contributed by atoms with E-state index in [0.717, 1.165) is 34.8 Å². The summed E-state index contributed by atoms with van der Waals surface area (Å²) >= 11 is 6.46. The third-order valence-electron chi connectivity index (χ3n) is 6.53. The van der Waals surface area contributed by atoms with Crippen molar-refractivity contribution >= 4 is 22.6 Å². The highest BCUT2D eigenvalue weighted by Gasteiger charge is 2.17. The monoisotopic (exact) mass is 454 g/mol. The minimum atomic E-state index is 0.0854. The number of hydrogen-bond donors (Lipinski definition) is 1. The Bertz CT molecular complexity index is 1050. The van der Waals surface area contributed by atoms with Crippen LogP contribution in [-0.4, -0.2) is 46.6 Å². The number of pyridine rings is 1. The first-order chi connectivity index (χ1) is 15.3. The van der Waals surface area contributed by atoms with Gasteiger partial charge in [0.25, 0.3) is 0 Å². The van der Waals surface area contributed by atoms with Crippen LogP contribution in [0, 0.1) is 5.92 Å². The Morgan fingerprint density at radius 2 is 1.94 bits per heavy atom. The highest BCUT2D eigenvalue weighted by Crippen LogP contribution is 2.31. The van der Waals surface area contributed by atoms with E-state index in [4.69, 9.17) is 21.3 Å². The van der Waals surface area contributed by atoms with E-state index in [2.05, 4.69) is 60.9 Å². The van der Waals surface area contributed by atoms with Gasteiger partial charge in [-0.3, -0.25) is 0 Å². The second kappa shape index (κ2) is 9.80. The molecule has 6 heteroatoms. The smallest absolute Gasteiger partial charge is 0.214 e. The molecule has 0 atom stereocenters.